The van der Waals surface area contributed by atoms with Crippen LogP contribution < -0.4 is 0 Å². The third-order valence-corrected chi connectivity index (χ3v) is 4.13. The molecule has 2 rings (SSSR count). The van der Waals surface area contributed by atoms with E-state index in [0.717, 1.165) is 49.8 Å². The van der Waals surface area contributed by atoms with Crippen molar-refractivity contribution in [3.8, 4) is 11.5 Å². The first-order valence-corrected chi connectivity index (χ1v) is 8.86. The van der Waals surface area contributed by atoms with Gasteiger partial charge in [0.25, 0.3) is 0 Å². The van der Waals surface area contributed by atoms with Crippen LogP contribution in [0.1, 0.15) is 51.6 Å². The summed E-state index contributed by atoms with van der Waals surface area (Å²) in [7, 11) is 0. The molecule has 25 heavy (non-hydrogen) atoms. The van der Waals surface area contributed by atoms with Gasteiger partial charge in [0.1, 0.15) is 6.26 Å². The number of unbranched alkanes of at least 4 members (excludes halogenated alkanes) is 4. The highest BCUT2D eigenvalue weighted by Crippen LogP contribution is 2.19. The van der Waals surface area contributed by atoms with Gasteiger partial charge in [0.2, 0.25) is 5.89 Å². The van der Waals surface area contributed by atoms with E-state index >= 15 is 0 Å². The summed E-state index contributed by atoms with van der Waals surface area (Å²) >= 11 is 0. The molecule has 0 amide bonds. The fourth-order valence-corrected chi connectivity index (χ4v) is 2.46. The number of nitrogens with zero attached hydrogens (tertiary/aromatic N) is 1. The monoisotopic (exact) mass is 345 g/mol. The number of hydrogen-bond acceptors (Lipinski definition) is 4. The fourth-order valence-electron chi connectivity index (χ4n) is 2.46. The molecule has 1 aromatic heterocycles. The number of rotatable bonds is 11. The van der Waals surface area contributed by atoms with Crippen molar-refractivity contribution in [3.05, 3.63) is 42.3 Å². The smallest absolute Gasteiger partial charge is 0.335 e. The Bertz CT molecular complexity index is 649. The van der Waals surface area contributed by atoms with E-state index < -0.39 is 11.6 Å². The maximum absolute atomic E-state index is 10.9. The third-order valence-electron chi connectivity index (χ3n) is 4.13. The van der Waals surface area contributed by atoms with Crippen molar-refractivity contribution in [2.75, 3.05) is 6.61 Å². The second-order valence-electron chi connectivity index (χ2n) is 6.69. The molecule has 1 aromatic carbocycles. The second kappa shape index (κ2) is 9.37. The molecule has 2 aromatic rings. The molecule has 0 unspecified atom stereocenters. The Balaban J connectivity index is 1.57. The van der Waals surface area contributed by atoms with E-state index in [4.69, 9.17) is 14.3 Å². The van der Waals surface area contributed by atoms with Crippen LogP contribution >= 0.6 is 0 Å². The van der Waals surface area contributed by atoms with Gasteiger partial charge in [-0.2, -0.15) is 0 Å². The summed E-state index contributed by atoms with van der Waals surface area (Å²) < 4.78 is 10.9. The molecule has 1 N–H and O–H groups in total. The summed E-state index contributed by atoms with van der Waals surface area (Å²) in [6.45, 7) is 3.65. The van der Waals surface area contributed by atoms with Gasteiger partial charge in [-0.15, -0.1) is 0 Å². The van der Waals surface area contributed by atoms with Crippen LogP contribution in [0.3, 0.4) is 0 Å². The summed E-state index contributed by atoms with van der Waals surface area (Å²) in [5, 5.41) is 8.96. The number of ether oxygens (including phenoxy) is 1. The Hall–Kier alpha value is -2.14. The normalized spacial score (nSPS) is 11.6. The van der Waals surface area contributed by atoms with E-state index in [0.29, 0.717) is 12.5 Å². The second-order valence-corrected chi connectivity index (χ2v) is 6.69. The van der Waals surface area contributed by atoms with Crippen LogP contribution in [0.15, 0.2) is 41.0 Å². The molecule has 0 saturated heterocycles. The molecule has 0 radical (unpaired) electrons. The summed E-state index contributed by atoms with van der Waals surface area (Å²) in [4.78, 5) is 15.4. The molecular formula is C20H27NO4. The van der Waals surface area contributed by atoms with Crippen molar-refractivity contribution >= 4 is 5.97 Å². The highest BCUT2D eigenvalue weighted by Gasteiger charge is 2.27. The zero-order chi connectivity index (χ0) is 18.1. The molecule has 0 bridgehead atoms. The molecule has 5 nitrogen and oxygen atoms in total. The standard InChI is InChI=1S/C20H27NO4/c1-20(2,19(22)23)25-14-10-5-3-4-9-13-17-15-24-18(21-17)16-11-7-6-8-12-16/h6-8,11-12,15H,3-5,9-10,13-14H2,1-2H3,(H,22,23). The number of carbonyl (C=O) groups is 1. The Morgan fingerprint density at radius 3 is 2.52 bits per heavy atom. The molecule has 0 spiro atoms. The van der Waals surface area contributed by atoms with Crippen molar-refractivity contribution in [1.29, 1.82) is 0 Å². The van der Waals surface area contributed by atoms with Crippen molar-refractivity contribution in [2.24, 2.45) is 0 Å². The first-order valence-electron chi connectivity index (χ1n) is 8.86. The van der Waals surface area contributed by atoms with Crippen molar-refractivity contribution < 1.29 is 19.1 Å². The minimum atomic E-state index is -1.09. The average molecular weight is 345 g/mol. The Morgan fingerprint density at radius 2 is 1.80 bits per heavy atom. The van der Waals surface area contributed by atoms with E-state index in [1.54, 1.807) is 20.1 Å². The maximum atomic E-state index is 10.9. The lowest BCUT2D eigenvalue weighted by Gasteiger charge is -2.19. The summed E-state index contributed by atoms with van der Waals surface area (Å²) in [5.41, 5.74) is 0.895. The third kappa shape index (κ3) is 6.35. The van der Waals surface area contributed by atoms with Crippen molar-refractivity contribution in [3.63, 3.8) is 0 Å². The van der Waals surface area contributed by atoms with Crippen molar-refractivity contribution in [2.45, 2.75) is 58.0 Å². The van der Waals surface area contributed by atoms with Crippen LogP contribution in [0, 0.1) is 0 Å². The number of aryl methyl sites for hydroxylation is 1. The quantitative estimate of drug-likeness (QED) is 0.597. The number of aliphatic carboxylic acids is 1. The minimum absolute atomic E-state index is 0.489. The van der Waals surface area contributed by atoms with Crippen molar-refractivity contribution in [1.82, 2.24) is 4.98 Å². The first kappa shape index (κ1) is 19.2. The van der Waals surface area contributed by atoms with Gasteiger partial charge < -0.3 is 14.3 Å². The van der Waals surface area contributed by atoms with E-state index in [1.165, 1.54) is 0 Å². The van der Waals surface area contributed by atoms with Crippen LogP contribution in [-0.4, -0.2) is 28.3 Å². The van der Waals surface area contributed by atoms with Gasteiger partial charge in [0.15, 0.2) is 5.60 Å². The van der Waals surface area contributed by atoms with Crippen LogP contribution in [0.4, 0.5) is 0 Å². The number of carboxylic acid groups (broad SMARTS) is 1. The number of oxazole rings is 1. The highest BCUT2D eigenvalue weighted by atomic mass is 16.5. The van der Waals surface area contributed by atoms with Gasteiger partial charge in [-0.3, -0.25) is 0 Å². The fraction of sp³-hybridized carbons (Fsp3) is 0.500. The molecule has 5 heteroatoms. The van der Waals surface area contributed by atoms with Crippen LogP contribution in [-0.2, 0) is 16.0 Å². The lowest BCUT2D eigenvalue weighted by atomic mass is 10.1. The number of hydrogen-bond donors (Lipinski definition) is 1. The highest BCUT2D eigenvalue weighted by molar-refractivity contribution is 5.76. The number of aromatic nitrogens is 1. The minimum Gasteiger partial charge on any atom is -0.479 e. The zero-order valence-electron chi connectivity index (χ0n) is 15.0. The lowest BCUT2D eigenvalue weighted by Crippen LogP contribution is -2.35. The summed E-state index contributed by atoms with van der Waals surface area (Å²) in [6, 6.07) is 9.90. The molecule has 0 saturated carbocycles. The molecular weight excluding hydrogens is 318 g/mol. The van der Waals surface area contributed by atoms with Crippen LogP contribution in [0.2, 0.25) is 0 Å². The van der Waals surface area contributed by atoms with Crippen LogP contribution in [0.5, 0.6) is 0 Å². The topological polar surface area (TPSA) is 72.6 Å². The number of benzene rings is 1. The predicted molar refractivity (Wildman–Crippen MR) is 96.4 cm³/mol. The predicted octanol–water partition coefficient (Wildman–Crippen LogP) is 4.71. The van der Waals surface area contributed by atoms with Gasteiger partial charge in [-0.1, -0.05) is 37.5 Å². The summed E-state index contributed by atoms with van der Waals surface area (Å²) in [5.74, 6) is -0.247. The molecule has 1 heterocycles. The molecule has 0 aliphatic rings. The number of carboxylic acids is 1. The van der Waals surface area contributed by atoms with E-state index in [9.17, 15) is 4.79 Å². The molecule has 0 aliphatic carbocycles. The Morgan fingerprint density at radius 1 is 1.12 bits per heavy atom. The Kier molecular flexibility index (Phi) is 7.19. The first-order chi connectivity index (χ1) is 12.0. The van der Waals surface area contributed by atoms with E-state index in [1.807, 2.05) is 30.3 Å². The van der Waals surface area contributed by atoms with Gasteiger partial charge in [-0.05, 0) is 45.2 Å². The lowest BCUT2D eigenvalue weighted by molar-refractivity contribution is -0.161. The van der Waals surface area contributed by atoms with E-state index in [-0.39, 0.29) is 0 Å². The van der Waals surface area contributed by atoms with Crippen LogP contribution in [0.25, 0.3) is 11.5 Å². The van der Waals surface area contributed by atoms with Gasteiger partial charge >= 0.3 is 5.97 Å². The Labute approximate surface area is 149 Å². The molecule has 0 fully saturated rings. The SMILES string of the molecule is CC(C)(OCCCCCCCc1coc(-c2ccccc2)n1)C(=O)O. The van der Waals surface area contributed by atoms with E-state index in [2.05, 4.69) is 4.98 Å². The van der Waals surface area contributed by atoms with Gasteiger partial charge in [0.05, 0.1) is 5.69 Å². The zero-order valence-corrected chi connectivity index (χ0v) is 15.0. The van der Waals surface area contributed by atoms with Gasteiger partial charge in [-0.25, -0.2) is 9.78 Å². The maximum Gasteiger partial charge on any atom is 0.335 e. The summed E-state index contributed by atoms with van der Waals surface area (Å²) in [6.07, 6.45) is 7.89. The average Bonchev–Trinajstić information content (AvgIpc) is 3.07. The molecule has 0 aliphatic heterocycles. The largest absolute Gasteiger partial charge is 0.479 e. The molecule has 0 atom stereocenters. The van der Waals surface area contributed by atoms with Gasteiger partial charge in [0, 0.05) is 12.2 Å². The molecule has 136 valence electrons.